The highest BCUT2D eigenvalue weighted by Crippen LogP contribution is 2.17. The summed E-state index contributed by atoms with van der Waals surface area (Å²) in [6, 6.07) is 9.12. The van der Waals surface area contributed by atoms with E-state index in [1.165, 1.54) is 6.33 Å². The lowest BCUT2D eigenvalue weighted by Gasteiger charge is -2.09. The van der Waals surface area contributed by atoms with E-state index in [9.17, 15) is 5.11 Å². The van der Waals surface area contributed by atoms with Gasteiger partial charge in [0.05, 0.1) is 5.69 Å². The van der Waals surface area contributed by atoms with Crippen molar-refractivity contribution in [2.24, 2.45) is 0 Å². The number of hydrogen-bond donors (Lipinski definition) is 1. The van der Waals surface area contributed by atoms with E-state index in [0.29, 0.717) is 17.1 Å². The van der Waals surface area contributed by atoms with Crippen molar-refractivity contribution in [3.8, 4) is 0 Å². The molecule has 0 spiro atoms. The smallest absolute Gasteiger partial charge is 0.115 e. The number of benzene rings is 1. The summed E-state index contributed by atoms with van der Waals surface area (Å²) in [6.07, 6.45) is 2.96. The zero-order chi connectivity index (χ0) is 11.4. The summed E-state index contributed by atoms with van der Waals surface area (Å²) in [4.78, 5) is 7.81. The molecule has 4 heteroatoms. The Hall–Kier alpha value is -1.45. The second-order valence-electron chi connectivity index (χ2n) is 3.48. The van der Waals surface area contributed by atoms with Crippen LogP contribution in [0.4, 0.5) is 0 Å². The monoisotopic (exact) mass is 234 g/mol. The molecule has 0 saturated carbocycles. The third kappa shape index (κ3) is 2.78. The predicted octanol–water partition coefficient (Wildman–Crippen LogP) is 2.41. The average Bonchev–Trinajstić information content (AvgIpc) is 2.33. The highest BCUT2D eigenvalue weighted by Gasteiger charge is 2.09. The van der Waals surface area contributed by atoms with E-state index in [1.807, 2.05) is 24.3 Å². The van der Waals surface area contributed by atoms with Crippen LogP contribution in [0, 0.1) is 0 Å². The van der Waals surface area contributed by atoms with Crippen LogP contribution in [0.25, 0.3) is 0 Å². The van der Waals surface area contributed by atoms with Gasteiger partial charge in [-0.05, 0) is 23.8 Å². The number of hydrogen-bond acceptors (Lipinski definition) is 3. The molecule has 0 aliphatic rings. The molecule has 1 aromatic heterocycles. The number of aromatic nitrogens is 2. The van der Waals surface area contributed by atoms with Gasteiger partial charge >= 0.3 is 0 Å². The summed E-state index contributed by atoms with van der Waals surface area (Å²) in [6.45, 7) is 0. The largest absolute Gasteiger partial charge is 0.386 e. The molecule has 1 N–H and O–H groups in total. The molecule has 0 radical (unpaired) electrons. The maximum Gasteiger partial charge on any atom is 0.115 e. The fourth-order valence-corrected chi connectivity index (χ4v) is 1.57. The molecule has 0 fully saturated rings. The molecule has 0 amide bonds. The first kappa shape index (κ1) is 11.0. The van der Waals surface area contributed by atoms with Crippen molar-refractivity contribution in [3.63, 3.8) is 0 Å². The minimum Gasteiger partial charge on any atom is -0.386 e. The van der Waals surface area contributed by atoms with Gasteiger partial charge in [0.1, 0.15) is 12.4 Å². The summed E-state index contributed by atoms with van der Waals surface area (Å²) in [5.41, 5.74) is 1.65. The highest BCUT2D eigenvalue weighted by molar-refractivity contribution is 6.30. The van der Waals surface area contributed by atoms with Gasteiger partial charge in [-0.3, -0.25) is 0 Å². The van der Waals surface area contributed by atoms with Crippen LogP contribution in [-0.2, 0) is 6.42 Å². The molecular formula is C12H11ClN2O. The van der Waals surface area contributed by atoms with Crippen molar-refractivity contribution >= 4 is 11.6 Å². The van der Waals surface area contributed by atoms with E-state index in [2.05, 4.69) is 9.97 Å². The molecule has 2 aromatic rings. The van der Waals surface area contributed by atoms with Crippen molar-refractivity contribution < 1.29 is 5.11 Å². The second-order valence-corrected chi connectivity index (χ2v) is 3.92. The van der Waals surface area contributed by atoms with E-state index in [-0.39, 0.29) is 0 Å². The molecule has 1 heterocycles. The lowest BCUT2D eigenvalue weighted by Crippen LogP contribution is -2.04. The maximum atomic E-state index is 9.92. The standard InChI is InChI=1S/C12H11ClN2O/c13-10-3-1-9(2-4-10)7-12(16)11-5-6-14-8-15-11/h1-6,8,12,16H,7H2. The molecule has 0 saturated heterocycles. The second kappa shape index (κ2) is 5.05. The molecule has 0 aliphatic carbocycles. The van der Waals surface area contributed by atoms with E-state index in [0.717, 1.165) is 5.56 Å². The van der Waals surface area contributed by atoms with Crippen LogP contribution in [0.3, 0.4) is 0 Å². The fourth-order valence-electron chi connectivity index (χ4n) is 1.45. The average molecular weight is 235 g/mol. The predicted molar refractivity (Wildman–Crippen MR) is 62.1 cm³/mol. The summed E-state index contributed by atoms with van der Waals surface area (Å²) in [7, 11) is 0. The first-order chi connectivity index (χ1) is 7.75. The van der Waals surface area contributed by atoms with E-state index >= 15 is 0 Å². The van der Waals surface area contributed by atoms with Gasteiger partial charge in [0.15, 0.2) is 0 Å². The Morgan fingerprint density at radius 1 is 1.19 bits per heavy atom. The molecule has 0 aliphatic heterocycles. The molecule has 16 heavy (non-hydrogen) atoms. The Balaban J connectivity index is 2.08. The van der Waals surface area contributed by atoms with Crippen LogP contribution in [0.5, 0.6) is 0 Å². The Labute approximate surface area is 98.8 Å². The van der Waals surface area contributed by atoms with Crippen LogP contribution < -0.4 is 0 Å². The van der Waals surface area contributed by atoms with E-state index in [4.69, 9.17) is 11.6 Å². The van der Waals surface area contributed by atoms with Gasteiger partial charge in [-0.25, -0.2) is 9.97 Å². The number of aliphatic hydroxyl groups excluding tert-OH is 1. The molecule has 0 bridgehead atoms. The Bertz CT molecular complexity index is 444. The van der Waals surface area contributed by atoms with E-state index in [1.54, 1.807) is 12.3 Å². The number of aliphatic hydroxyl groups is 1. The first-order valence-electron chi connectivity index (χ1n) is 4.94. The minimum atomic E-state index is -0.607. The molecule has 3 nitrogen and oxygen atoms in total. The number of halogens is 1. The van der Waals surface area contributed by atoms with Gasteiger partial charge in [0.2, 0.25) is 0 Å². The zero-order valence-corrected chi connectivity index (χ0v) is 9.30. The van der Waals surface area contributed by atoms with Crippen LogP contribution in [0.2, 0.25) is 5.02 Å². The van der Waals surface area contributed by atoms with Crippen LogP contribution in [0.15, 0.2) is 42.9 Å². The highest BCUT2D eigenvalue weighted by atomic mass is 35.5. The molecule has 1 atom stereocenters. The zero-order valence-electron chi connectivity index (χ0n) is 8.55. The van der Waals surface area contributed by atoms with Crippen molar-refractivity contribution in [1.29, 1.82) is 0 Å². The first-order valence-corrected chi connectivity index (χ1v) is 5.32. The number of nitrogens with zero attached hydrogens (tertiary/aromatic N) is 2. The van der Waals surface area contributed by atoms with E-state index < -0.39 is 6.10 Å². The molecule has 82 valence electrons. The number of rotatable bonds is 3. The topological polar surface area (TPSA) is 46.0 Å². The van der Waals surface area contributed by atoms with Crippen molar-refractivity contribution in [2.75, 3.05) is 0 Å². The SMILES string of the molecule is OC(Cc1ccc(Cl)cc1)c1ccncn1. The summed E-state index contributed by atoms with van der Waals surface area (Å²) in [5, 5.41) is 10.6. The van der Waals surface area contributed by atoms with Crippen LogP contribution in [-0.4, -0.2) is 15.1 Å². The van der Waals surface area contributed by atoms with Crippen molar-refractivity contribution in [2.45, 2.75) is 12.5 Å². The van der Waals surface area contributed by atoms with Gasteiger partial charge in [0.25, 0.3) is 0 Å². The Morgan fingerprint density at radius 2 is 1.94 bits per heavy atom. The normalized spacial score (nSPS) is 12.4. The maximum absolute atomic E-state index is 9.92. The van der Waals surface area contributed by atoms with Gasteiger partial charge in [-0.1, -0.05) is 23.7 Å². The van der Waals surface area contributed by atoms with Crippen LogP contribution in [0.1, 0.15) is 17.4 Å². The summed E-state index contributed by atoms with van der Waals surface area (Å²) >= 11 is 5.78. The Morgan fingerprint density at radius 3 is 2.56 bits per heavy atom. The fraction of sp³-hybridized carbons (Fsp3) is 0.167. The Kier molecular flexibility index (Phi) is 3.49. The summed E-state index contributed by atoms with van der Waals surface area (Å²) < 4.78 is 0. The van der Waals surface area contributed by atoms with Gasteiger partial charge in [-0.15, -0.1) is 0 Å². The summed E-state index contributed by atoms with van der Waals surface area (Å²) in [5.74, 6) is 0. The third-order valence-electron chi connectivity index (χ3n) is 2.29. The van der Waals surface area contributed by atoms with Gasteiger partial charge < -0.3 is 5.11 Å². The van der Waals surface area contributed by atoms with Gasteiger partial charge in [-0.2, -0.15) is 0 Å². The van der Waals surface area contributed by atoms with Crippen molar-refractivity contribution in [3.05, 3.63) is 59.1 Å². The third-order valence-corrected chi connectivity index (χ3v) is 2.54. The lowest BCUT2D eigenvalue weighted by molar-refractivity contribution is 0.173. The minimum absolute atomic E-state index is 0.522. The van der Waals surface area contributed by atoms with Crippen LogP contribution >= 0.6 is 11.6 Å². The van der Waals surface area contributed by atoms with Crippen molar-refractivity contribution in [1.82, 2.24) is 9.97 Å². The lowest BCUT2D eigenvalue weighted by atomic mass is 10.1. The van der Waals surface area contributed by atoms with Gasteiger partial charge in [0, 0.05) is 17.6 Å². The molecular weight excluding hydrogens is 224 g/mol. The molecule has 2 rings (SSSR count). The quantitative estimate of drug-likeness (QED) is 0.887. The molecule has 1 aromatic carbocycles. The molecule has 1 unspecified atom stereocenters.